The van der Waals surface area contributed by atoms with Gasteiger partial charge >= 0.3 is 12.1 Å². The first-order valence-corrected chi connectivity index (χ1v) is 14.9. The van der Waals surface area contributed by atoms with Gasteiger partial charge in [0.05, 0.1) is 17.2 Å². The zero-order chi connectivity index (χ0) is 30.8. The number of carboxylic acids is 1. The highest BCUT2D eigenvalue weighted by molar-refractivity contribution is 5.94. The number of allylic oxidation sites excluding steroid dienone is 1. The summed E-state index contributed by atoms with van der Waals surface area (Å²) in [4.78, 5) is 18.2. The van der Waals surface area contributed by atoms with E-state index < -0.39 is 17.7 Å². The second-order valence-corrected chi connectivity index (χ2v) is 12.7. The molecule has 2 saturated carbocycles. The number of rotatable bonds is 8. The lowest BCUT2D eigenvalue weighted by atomic mass is 9.57. The van der Waals surface area contributed by atoms with Crippen LogP contribution in [0.1, 0.15) is 72.8 Å². The van der Waals surface area contributed by atoms with Crippen LogP contribution in [-0.2, 0) is 6.18 Å². The summed E-state index contributed by atoms with van der Waals surface area (Å²) in [6.07, 6.45) is 3.34. The Kier molecular flexibility index (Phi) is 6.71. The van der Waals surface area contributed by atoms with E-state index in [1.165, 1.54) is 18.2 Å². The fourth-order valence-electron chi connectivity index (χ4n) is 6.71. The fourth-order valence-corrected chi connectivity index (χ4v) is 6.71. The van der Waals surface area contributed by atoms with Gasteiger partial charge in [-0.25, -0.2) is 9.78 Å². The van der Waals surface area contributed by atoms with Crippen LogP contribution < -0.4 is 9.64 Å². The van der Waals surface area contributed by atoms with Gasteiger partial charge in [-0.3, -0.25) is 0 Å². The quantitative estimate of drug-likeness (QED) is 0.217. The summed E-state index contributed by atoms with van der Waals surface area (Å²) in [6, 6.07) is 12.8. The first-order valence-electron chi connectivity index (χ1n) is 14.9. The predicted octanol–water partition coefficient (Wildman–Crippen LogP) is 8.20. The summed E-state index contributed by atoms with van der Waals surface area (Å²) in [6.45, 7) is 5.59. The monoisotopic (exact) mass is 603 g/mol. The Labute approximate surface area is 252 Å². The Morgan fingerprint density at radius 1 is 1.14 bits per heavy atom. The van der Waals surface area contributed by atoms with Gasteiger partial charge in [0, 0.05) is 52.7 Å². The Morgan fingerprint density at radius 3 is 2.57 bits per heavy atom. The fraction of sp³-hybridized carbons (Fsp3) is 0.382. The summed E-state index contributed by atoms with van der Waals surface area (Å²) < 4.78 is 52.9. The van der Waals surface area contributed by atoms with E-state index in [9.17, 15) is 23.1 Å². The highest BCUT2D eigenvalue weighted by Crippen LogP contribution is 2.54. The number of nitrogens with zero attached hydrogens (tertiary/aromatic N) is 3. The van der Waals surface area contributed by atoms with E-state index in [2.05, 4.69) is 21.1 Å². The van der Waals surface area contributed by atoms with Crippen LogP contribution in [0.15, 0.2) is 59.1 Å². The van der Waals surface area contributed by atoms with Gasteiger partial charge < -0.3 is 19.3 Å². The number of anilines is 1. The van der Waals surface area contributed by atoms with Gasteiger partial charge in [0.1, 0.15) is 17.2 Å². The van der Waals surface area contributed by atoms with Gasteiger partial charge in [-0.15, -0.1) is 0 Å². The molecule has 7 nitrogen and oxygen atoms in total. The second-order valence-electron chi connectivity index (χ2n) is 12.7. The van der Waals surface area contributed by atoms with Crippen molar-refractivity contribution in [2.75, 3.05) is 18.0 Å². The molecule has 0 bridgehead atoms. The Bertz CT molecular complexity index is 1780. The molecule has 3 heterocycles. The summed E-state index contributed by atoms with van der Waals surface area (Å²) >= 11 is 0. The number of ether oxygens (including phenoxy) is 1. The molecule has 44 heavy (non-hydrogen) atoms. The van der Waals surface area contributed by atoms with Crippen LogP contribution in [0.4, 0.5) is 18.9 Å². The van der Waals surface area contributed by atoms with Crippen molar-refractivity contribution in [2.45, 2.75) is 57.7 Å². The van der Waals surface area contributed by atoms with E-state index in [1.807, 2.05) is 38.1 Å². The molecule has 3 fully saturated rings. The smallest absolute Gasteiger partial charge is 0.417 e. The third kappa shape index (κ3) is 5.20. The van der Waals surface area contributed by atoms with Crippen molar-refractivity contribution >= 4 is 28.6 Å². The first-order chi connectivity index (χ1) is 21.0. The molecule has 1 aliphatic heterocycles. The van der Waals surface area contributed by atoms with Crippen molar-refractivity contribution in [3.8, 4) is 17.0 Å². The zero-order valence-electron chi connectivity index (χ0n) is 24.4. The third-order valence-electron chi connectivity index (χ3n) is 8.87. The van der Waals surface area contributed by atoms with Crippen LogP contribution in [0.5, 0.6) is 5.75 Å². The largest absolute Gasteiger partial charge is 0.490 e. The zero-order valence-corrected chi connectivity index (χ0v) is 24.4. The summed E-state index contributed by atoms with van der Waals surface area (Å²) in [5, 5.41) is 14.4. The van der Waals surface area contributed by atoms with Crippen molar-refractivity contribution in [3.63, 3.8) is 0 Å². The SMILES string of the molecule is CC(C)Oc1cc(C(=O)O)nc2ccc(N3CC4(CC(/C=C/c5c(-c6ccccc6C(F)(F)F)noc5C5CC5)C4)C3)cc12. The van der Waals surface area contributed by atoms with Crippen molar-refractivity contribution in [2.24, 2.45) is 11.3 Å². The minimum absolute atomic E-state index is 0.0433. The number of pyridine rings is 1. The maximum Gasteiger partial charge on any atom is 0.417 e. The Morgan fingerprint density at radius 2 is 1.89 bits per heavy atom. The molecule has 10 heteroatoms. The molecule has 1 spiro atoms. The standard InChI is InChI=1S/C34H32F3N3O4/c1-19(2)43-29-14-28(32(41)42)38-27-12-10-22(13-25(27)29)40-17-33(18-40)15-20(16-33)7-11-24-30(39-44-31(24)21-8-9-21)23-5-3-4-6-26(23)34(35,36)37/h3-7,10-14,19-21H,8-9,15-18H2,1-2H3,(H,41,42)/b11-7+. The molecule has 0 unspecified atom stereocenters. The molecule has 228 valence electrons. The van der Waals surface area contributed by atoms with E-state index in [0.717, 1.165) is 55.9 Å². The van der Waals surface area contributed by atoms with Gasteiger partial charge in [0.25, 0.3) is 0 Å². The number of fused-ring (bicyclic) bond motifs is 1. The van der Waals surface area contributed by atoms with Gasteiger partial charge in [-0.1, -0.05) is 35.5 Å². The number of carbonyl (C=O) groups is 1. The Balaban J connectivity index is 1.06. The molecule has 2 aliphatic carbocycles. The third-order valence-corrected chi connectivity index (χ3v) is 8.87. The van der Waals surface area contributed by atoms with Crippen molar-refractivity contribution in [1.29, 1.82) is 0 Å². The Hall–Kier alpha value is -4.34. The maximum atomic E-state index is 13.8. The summed E-state index contributed by atoms with van der Waals surface area (Å²) in [5.74, 6) is 0.620. The molecule has 1 saturated heterocycles. The van der Waals surface area contributed by atoms with E-state index >= 15 is 0 Å². The maximum absolute atomic E-state index is 13.8. The van der Waals surface area contributed by atoms with Crippen LogP contribution in [0.2, 0.25) is 0 Å². The number of hydrogen-bond acceptors (Lipinski definition) is 6. The topological polar surface area (TPSA) is 88.7 Å². The van der Waals surface area contributed by atoms with Gasteiger partial charge in [0.2, 0.25) is 0 Å². The minimum Gasteiger partial charge on any atom is -0.490 e. The molecule has 2 aromatic carbocycles. The molecule has 0 radical (unpaired) electrons. The number of alkyl halides is 3. The van der Waals surface area contributed by atoms with E-state index in [0.29, 0.717) is 28.5 Å². The molecule has 3 aliphatic rings. The molecule has 4 aromatic rings. The second kappa shape index (κ2) is 10.4. The van der Waals surface area contributed by atoms with Gasteiger partial charge in [-0.2, -0.15) is 13.2 Å². The predicted molar refractivity (Wildman–Crippen MR) is 160 cm³/mol. The highest BCUT2D eigenvalue weighted by Gasteiger charge is 2.51. The molecule has 1 N–H and O–H groups in total. The number of aromatic carboxylic acids is 1. The summed E-state index contributed by atoms with van der Waals surface area (Å²) in [5.41, 5.74) is 2.00. The number of halogens is 3. The number of carboxylic acid groups (broad SMARTS) is 1. The minimum atomic E-state index is -4.49. The first kappa shape index (κ1) is 28.4. The van der Waals surface area contributed by atoms with Crippen molar-refractivity contribution in [1.82, 2.24) is 10.1 Å². The molecule has 0 amide bonds. The molecule has 7 rings (SSSR count). The average Bonchev–Trinajstić information content (AvgIpc) is 3.69. The van der Waals surface area contributed by atoms with Crippen LogP contribution in [-0.4, -0.2) is 40.4 Å². The van der Waals surface area contributed by atoms with Crippen LogP contribution in [0, 0.1) is 11.3 Å². The van der Waals surface area contributed by atoms with E-state index in [-0.39, 0.29) is 34.4 Å². The number of benzene rings is 2. The van der Waals surface area contributed by atoms with E-state index in [4.69, 9.17) is 9.26 Å². The average molecular weight is 604 g/mol. The molecular formula is C34H32F3N3O4. The summed E-state index contributed by atoms with van der Waals surface area (Å²) in [7, 11) is 0. The molecular weight excluding hydrogens is 571 g/mol. The highest BCUT2D eigenvalue weighted by atomic mass is 19.4. The van der Waals surface area contributed by atoms with E-state index in [1.54, 1.807) is 6.07 Å². The lowest BCUT2D eigenvalue weighted by molar-refractivity contribution is -0.137. The van der Waals surface area contributed by atoms with Crippen LogP contribution in [0.25, 0.3) is 28.2 Å². The number of aromatic nitrogens is 2. The molecule has 0 atom stereocenters. The normalized spacial score (nSPS) is 18.3. The van der Waals surface area contributed by atoms with Crippen molar-refractivity contribution < 1.29 is 32.3 Å². The lowest BCUT2D eigenvalue weighted by Crippen LogP contribution is -2.62. The van der Waals surface area contributed by atoms with Crippen LogP contribution in [0.3, 0.4) is 0 Å². The van der Waals surface area contributed by atoms with Crippen LogP contribution >= 0.6 is 0 Å². The van der Waals surface area contributed by atoms with Crippen molar-refractivity contribution in [3.05, 3.63) is 77.2 Å². The number of hydrogen-bond donors (Lipinski definition) is 1. The lowest BCUT2D eigenvalue weighted by Gasteiger charge is -2.59. The van der Waals surface area contributed by atoms with Gasteiger partial charge in [0.15, 0.2) is 5.69 Å². The van der Waals surface area contributed by atoms with Gasteiger partial charge in [-0.05, 0) is 69.7 Å². The molecule has 2 aromatic heterocycles.